The van der Waals surface area contributed by atoms with Crippen LogP contribution in [-0.2, 0) is 7.05 Å². The lowest BCUT2D eigenvalue weighted by molar-refractivity contribution is 0.145. The molecule has 2 aliphatic rings. The lowest BCUT2D eigenvalue weighted by Crippen LogP contribution is -2.59. The van der Waals surface area contributed by atoms with Crippen molar-refractivity contribution < 1.29 is 8.78 Å². The van der Waals surface area contributed by atoms with E-state index in [4.69, 9.17) is 0 Å². The maximum atomic E-state index is 13.2. The minimum atomic E-state index is -2.60. The molecule has 0 aromatic carbocycles. The highest BCUT2D eigenvalue weighted by Crippen LogP contribution is 2.39. The van der Waals surface area contributed by atoms with Gasteiger partial charge in [-0.05, 0) is 12.8 Å². The van der Waals surface area contributed by atoms with Crippen LogP contribution in [0, 0.1) is 0 Å². The summed E-state index contributed by atoms with van der Waals surface area (Å²) in [7, 11) is 3.46. The largest absolute Gasteiger partial charge is 0.366 e. The van der Waals surface area contributed by atoms with Gasteiger partial charge in [0.1, 0.15) is 17.3 Å². The molecule has 3 heterocycles. The summed E-state index contributed by atoms with van der Waals surface area (Å²) in [6, 6.07) is 3.05. The van der Waals surface area contributed by atoms with Crippen LogP contribution in [0.25, 0.3) is 0 Å². The van der Waals surface area contributed by atoms with Gasteiger partial charge in [0.2, 0.25) is 0 Å². The number of aryl methyl sites for hydroxylation is 1. The number of rotatable bonds is 5. The molecular weight excluding hydrogens is 342 g/mol. The van der Waals surface area contributed by atoms with Gasteiger partial charge in [-0.15, -0.1) is 0 Å². The molecule has 0 spiro atoms. The highest BCUT2D eigenvalue weighted by molar-refractivity contribution is 5.51. The van der Waals surface area contributed by atoms with Crippen molar-refractivity contribution in [2.45, 2.75) is 31.2 Å². The summed E-state index contributed by atoms with van der Waals surface area (Å²) in [4.78, 5) is 24.2. The Morgan fingerprint density at radius 3 is 2.58 bits per heavy atom. The van der Waals surface area contributed by atoms with Gasteiger partial charge in [0, 0.05) is 45.2 Å². The molecule has 2 aromatic heterocycles. The van der Waals surface area contributed by atoms with Crippen LogP contribution in [0.5, 0.6) is 0 Å². The number of hydrogen-bond donors (Lipinski definition) is 0. The summed E-state index contributed by atoms with van der Waals surface area (Å²) in [5, 5.41) is 4.02. The van der Waals surface area contributed by atoms with Gasteiger partial charge >= 0.3 is 0 Å². The number of aromatic nitrogens is 4. The third-order valence-electron chi connectivity index (χ3n) is 5.01. The Balaban J connectivity index is 1.49. The molecule has 26 heavy (non-hydrogen) atoms. The van der Waals surface area contributed by atoms with Gasteiger partial charge < -0.3 is 9.80 Å². The van der Waals surface area contributed by atoms with Crippen LogP contribution in [-0.4, -0.2) is 45.9 Å². The number of likely N-dealkylation sites (N-methyl/N-ethyl adjacent to an activating group) is 1. The summed E-state index contributed by atoms with van der Waals surface area (Å²) in [5.74, 6) is 1.27. The normalized spacial score (nSPS) is 17.5. The van der Waals surface area contributed by atoms with E-state index in [9.17, 15) is 13.6 Å². The molecule has 0 amide bonds. The molecule has 4 rings (SSSR count). The zero-order valence-corrected chi connectivity index (χ0v) is 14.6. The second kappa shape index (κ2) is 6.30. The Kier molecular flexibility index (Phi) is 4.08. The molecule has 1 aliphatic carbocycles. The molecule has 1 saturated carbocycles. The van der Waals surface area contributed by atoms with Crippen LogP contribution in [0.4, 0.5) is 20.3 Å². The van der Waals surface area contributed by atoms with Crippen LogP contribution in [0.2, 0.25) is 0 Å². The smallest absolute Gasteiger partial charge is 0.280 e. The summed E-state index contributed by atoms with van der Waals surface area (Å²) >= 11 is 0. The van der Waals surface area contributed by atoms with E-state index in [2.05, 4.69) is 15.1 Å². The molecule has 1 aliphatic heterocycles. The predicted molar refractivity (Wildman–Crippen MR) is 92.8 cm³/mol. The van der Waals surface area contributed by atoms with Crippen molar-refractivity contribution in [1.82, 2.24) is 19.7 Å². The molecular formula is C17H20F2N6O. The first-order chi connectivity index (χ1) is 12.4. The van der Waals surface area contributed by atoms with Gasteiger partial charge in [0.05, 0.1) is 17.9 Å². The average molecular weight is 362 g/mol. The predicted octanol–water partition coefficient (Wildman–Crippen LogP) is 1.71. The zero-order chi connectivity index (χ0) is 18.4. The third-order valence-corrected chi connectivity index (χ3v) is 5.01. The van der Waals surface area contributed by atoms with Gasteiger partial charge in [-0.25, -0.2) is 23.4 Å². The van der Waals surface area contributed by atoms with E-state index in [1.165, 1.54) is 10.7 Å². The molecule has 7 nitrogen and oxygen atoms in total. The Morgan fingerprint density at radius 1 is 1.23 bits per heavy atom. The lowest BCUT2D eigenvalue weighted by Gasteiger charge is -2.45. The molecule has 138 valence electrons. The van der Waals surface area contributed by atoms with Crippen LogP contribution >= 0.6 is 0 Å². The molecule has 0 N–H and O–H groups in total. The Morgan fingerprint density at radius 2 is 1.96 bits per heavy atom. The fourth-order valence-corrected chi connectivity index (χ4v) is 3.02. The first kappa shape index (κ1) is 16.9. The van der Waals surface area contributed by atoms with E-state index in [0.29, 0.717) is 24.7 Å². The number of hydrogen-bond acceptors (Lipinski definition) is 6. The molecule has 2 aromatic rings. The topological polar surface area (TPSA) is 67.2 Å². The van der Waals surface area contributed by atoms with E-state index in [1.54, 1.807) is 19.3 Å². The number of anilines is 2. The first-order valence-corrected chi connectivity index (χ1v) is 8.60. The Hall–Kier alpha value is -2.58. The van der Waals surface area contributed by atoms with E-state index in [0.717, 1.165) is 18.5 Å². The summed E-state index contributed by atoms with van der Waals surface area (Å²) in [6.07, 6.45) is 0.973. The third kappa shape index (κ3) is 3.13. The second-order valence-electron chi connectivity index (χ2n) is 6.93. The van der Waals surface area contributed by atoms with Crippen molar-refractivity contribution in [2.24, 2.45) is 7.05 Å². The minimum absolute atomic E-state index is 0.131. The standard InChI is InChI=1S/C17H20F2N6O/c1-23(12-8-25(9-12)11-5-15(26)24(2)20-7-11)14-6-13(16(18)19)21-17(22-14)10-3-4-10/h5-7,10,12,16H,3-4,8-9H2,1-2H3. The summed E-state index contributed by atoms with van der Waals surface area (Å²) in [6.45, 7) is 1.36. The highest BCUT2D eigenvalue weighted by Gasteiger charge is 2.33. The first-order valence-electron chi connectivity index (χ1n) is 8.60. The van der Waals surface area contributed by atoms with Crippen molar-refractivity contribution in [3.8, 4) is 0 Å². The van der Waals surface area contributed by atoms with Crippen LogP contribution in [0.15, 0.2) is 23.1 Å². The van der Waals surface area contributed by atoms with E-state index in [-0.39, 0.29) is 23.2 Å². The SMILES string of the molecule is CN(c1cc(C(F)F)nc(C2CC2)n1)C1CN(c2cnn(C)c(=O)c2)C1. The van der Waals surface area contributed by atoms with E-state index in [1.807, 2.05) is 16.8 Å². The molecule has 0 unspecified atom stereocenters. The van der Waals surface area contributed by atoms with Crippen LogP contribution in [0.3, 0.4) is 0 Å². The van der Waals surface area contributed by atoms with Gasteiger partial charge in [0.25, 0.3) is 12.0 Å². The summed E-state index contributed by atoms with van der Waals surface area (Å²) < 4.78 is 27.6. The fourth-order valence-electron chi connectivity index (χ4n) is 3.02. The second-order valence-corrected chi connectivity index (χ2v) is 6.93. The van der Waals surface area contributed by atoms with Crippen molar-refractivity contribution in [3.05, 3.63) is 40.2 Å². The monoisotopic (exact) mass is 362 g/mol. The Bertz CT molecular complexity index is 856. The summed E-state index contributed by atoms with van der Waals surface area (Å²) in [5.41, 5.74) is 0.397. The molecule has 0 bridgehead atoms. The van der Waals surface area contributed by atoms with Gasteiger partial charge in [-0.1, -0.05) is 0 Å². The van der Waals surface area contributed by atoms with Gasteiger partial charge in [-0.3, -0.25) is 4.79 Å². The lowest BCUT2D eigenvalue weighted by atomic mass is 10.1. The van der Waals surface area contributed by atoms with Crippen molar-refractivity contribution in [1.29, 1.82) is 0 Å². The van der Waals surface area contributed by atoms with Crippen LogP contribution < -0.4 is 15.4 Å². The van der Waals surface area contributed by atoms with Crippen molar-refractivity contribution in [2.75, 3.05) is 29.9 Å². The van der Waals surface area contributed by atoms with Gasteiger partial charge in [-0.2, -0.15) is 5.10 Å². The quantitative estimate of drug-likeness (QED) is 0.807. The molecule has 9 heteroatoms. The maximum absolute atomic E-state index is 13.2. The highest BCUT2D eigenvalue weighted by atomic mass is 19.3. The fraction of sp³-hybridized carbons (Fsp3) is 0.529. The number of alkyl halides is 2. The number of nitrogens with zero attached hydrogens (tertiary/aromatic N) is 6. The van der Waals surface area contributed by atoms with Gasteiger partial charge in [0.15, 0.2) is 0 Å². The average Bonchev–Trinajstić information content (AvgIpc) is 3.41. The molecule has 0 atom stereocenters. The zero-order valence-electron chi connectivity index (χ0n) is 14.6. The minimum Gasteiger partial charge on any atom is -0.366 e. The van der Waals surface area contributed by atoms with E-state index < -0.39 is 6.43 Å². The van der Waals surface area contributed by atoms with Crippen LogP contribution in [0.1, 0.15) is 36.7 Å². The molecule has 1 saturated heterocycles. The van der Waals surface area contributed by atoms with Crippen molar-refractivity contribution in [3.63, 3.8) is 0 Å². The molecule has 2 fully saturated rings. The Labute approximate surface area is 149 Å². The maximum Gasteiger partial charge on any atom is 0.280 e. The number of halogens is 2. The molecule has 0 radical (unpaired) electrons. The van der Waals surface area contributed by atoms with Crippen molar-refractivity contribution >= 4 is 11.5 Å². The van der Waals surface area contributed by atoms with E-state index >= 15 is 0 Å².